The zero-order valence-electron chi connectivity index (χ0n) is 8.91. The Kier molecular flexibility index (Phi) is 5.68. The van der Waals surface area contributed by atoms with Crippen molar-refractivity contribution in [3.63, 3.8) is 0 Å². The van der Waals surface area contributed by atoms with Gasteiger partial charge in [-0.2, -0.15) is 0 Å². The van der Waals surface area contributed by atoms with E-state index in [4.69, 9.17) is 9.84 Å². The molecule has 0 bridgehead atoms. The molecule has 0 saturated carbocycles. The fourth-order valence-electron chi connectivity index (χ4n) is 0.981. The van der Waals surface area contributed by atoms with Crippen molar-refractivity contribution < 1.29 is 19.7 Å². The van der Waals surface area contributed by atoms with Gasteiger partial charge in [0, 0.05) is 26.8 Å². The number of carbonyl (C=O) groups is 1. The first-order valence-electron chi connectivity index (χ1n) is 4.55. The standard InChI is InChI=1S/C9H19NO4/c1-7(5-14-3)4-10-6-9(2,13)8(11)12/h7,10,13H,4-6H2,1-3H3,(H,11,12). The molecule has 0 aliphatic rings. The highest BCUT2D eigenvalue weighted by atomic mass is 16.5. The van der Waals surface area contributed by atoms with E-state index in [1.54, 1.807) is 7.11 Å². The normalized spacial score (nSPS) is 17.4. The summed E-state index contributed by atoms with van der Waals surface area (Å²) in [7, 11) is 1.61. The fraction of sp³-hybridized carbons (Fsp3) is 0.889. The van der Waals surface area contributed by atoms with Gasteiger partial charge >= 0.3 is 5.97 Å². The first kappa shape index (κ1) is 13.4. The molecule has 2 atom stereocenters. The maximum atomic E-state index is 10.5. The number of aliphatic carboxylic acids is 1. The number of hydrogen-bond acceptors (Lipinski definition) is 4. The summed E-state index contributed by atoms with van der Waals surface area (Å²) >= 11 is 0. The number of hydrogen-bond donors (Lipinski definition) is 3. The first-order chi connectivity index (χ1) is 6.40. The summed E-state index contributed by atoms with van der Waals surface area (Å²) in [5.41, 5.74) is -1.70. The van der Waals surface area contributed by atoms with E-state index in [0.717, 1.165) is 0 Å². The number of methoxy groups -OCH3 is 1. The van der Waals surface area contributed by atoms with E-state index in [1.807, 2.05) is 6.92 Å². The minimum Gasteiger partial charge on any atom is -0.479 e. The molecular weight excluding hydrogens is 186 g/mol. The van der Waals surface area contributed by atoms with Gasteiger partial charge in [0.05, 0.1) is 0 Å². The highest BCUT2D eigenvalue weighted by Crippen LogP contribution is 2.01. The second-order valence-corrected chi connectivity index (χ2v) is 3.77. The van der Waals surface area contributed by atoms with Crippen molar-refractivity contribution in [1.82, 2.24) is 5.32 Å². The SMILES string of the molecule is COCC(C)CNCC(C)(O)C(=O)O. The van der Waals surface area contributed by atoms with Crippen molar-refractivity contribution in [2.24, 2.45) is 5.92 Å². The largest absolute Gasteiger partial charge is 0.479 e. The zero-order chi connectivity index (χ0) is 11.2. The van der Waals surface area contributed by atoms with Gasteiger partial charge < -0.3 is 20.3 Å². The highest BCUT2D eigenvalue weighted by Gasteiger charge is 2.29. The minimum atomic E-state index is -1.70. The monoisotopic (exact) mass is 205 g/mol. The first-order valence-corrected chi connectivity index (χ1v) is 4.55. The molecule has 0 aromatic rings. The van der Waals surface area contributed by atoms with Crippen LogP contribution in [-0.2, 0) is 9.53 Å². The second-order valence-electron chi connectivity index (χ2n) is 3.77. The molecule has 0 amide bonds. The molecule has 0 fully saturated rings. The molecule has 2 unspecified atom stereocenters. The third-order valence-corrected chi connectivity index (χ3v) is 1.87. The van der Waals surface area contributed by atoms with Gasteiger partial charge in [0.2, 0.25) is 0 Å². The van der Waals surface area contributed by atoms with Crippen LogP contribution < -0.4 is 5.32 Å². The summed E-state index contributed by atoms with van der Waals surface area (Å²) in [6, 6.07) is 0. The lowest BCUT2D eigenvalue weighted by Gasteiger charge is -2.19. The van der Waals surface area contributed by atoms with Gasteiger partial charge in [0.1, 0.15) is 0 Å². The van der Waals surface area contributed by atoms with E-state index < -0.39 is 11.6 Å². The van der Waals surface area contributed by atoms with E-state index >= 15 is 0 Å². The Bertz CT molecular complexity index is 182. The van der Waals surface area contributed by atoms with Crippen LogP contribution in [0, 0.1) is 5.92 Å². The predicted molar refractivity (Wildman–Crippen MR) is 52.2 cm³/mol. The molecule has 0 radical (unpaired) electrons. The second kappa shape index (κ2) is 5.95. The Morgan fingerprint density at radius 3 is 2.64 bits per heavy atom. The van der Waals surface area contributed by atoms with Crippen LogP contribution in [0.15, 0.2) is 0 Å². The smallest absolute Gasteiger partial charge is 0.336 e. The molecule has 0 saturated heterocycles. The molecule has 3 N–H and O–H groups in total. The van der Waals surface area contributed by atoms with E-state index in [0.29, 0.717) is 19.1 Å². The highest BCUT2D eigenvalue weighted by molar-refractivity contribution is 5.76. The summed E-state index contributed by atoms with van der Waals surface area (Å²) < 4.78 is 4.91. The number of carboxylic acids is 1. The number of aliphatic hydroxyl groups is 1. The number of ether oxygens (including phenoxy) is 1. The Morgan fingerprint density at radius 2 is 2.21 bits per heavy atom. The third kappa shape index (κ3) is 5.16. The summed E-state index contributed by atoms with van der Waals surface area (Å²) in [6.07, 6.45) is 0. The molecule has 0 aromatic heterocycles. The summed E-state index contributed by atoms with van der Waals surface area (Å²) in [4.78, 5) is 10.5. The van der Waals surface area contributed by atoms with Gasteiger partial charge in [-0.3, -0.25) is 0 Å². The number of nitrogens with one attached hydrogen (secondary N) is 1. The molecular formula is C9H19NO4. The lowest BCUT2D eigenvalue weighted by Crippen LogP contribution is -2.45. The Morgan fingerprint density at radius 1 is 1.64 bits per heavy atom. The van der Waals surface area contributed by atoms with Crippen LogP contribution in [0.3, 0.4) is 0 Å². The topological polar surface area (TPSA) is 78.8 Å². The molecule has 0 aliphatic heterocycles. The molecule has 14 heavy (non-hydrogen) atoms. The maximum absolute atomic E-state index is 10.5. The minimum absolute atomic E-state index is 0.0381. The molecule has 0 aliphatic carbocycles. The van der Waals surface area contributed by atoms with Crippen molar-refractivity contribution >= 4 is 5.97 Å². The lowest BCUT2D eigenvalue weighted by molar-refractivity contribution is -0.156. The van der Waals surface area contributed by atoms with E-state index in [-0.39, 0.29) is 6.54 Å². The van der Waals surface area contributed by atoms with Crippen molar-refractivity contribution in [2.75, 3.05) is 26.8 Å². The van der Waals surface area contributed by atoms with Gasteiger partial charge in [-0.15, -0.1) is 0 Å². The van der Waals surface area contributed by atoms with Crippen molar-refractivity contribution in [1.29, 1.82) is 0 Å². The summed E-state index contributed by atoms with van der Waals surface area (Å²) in [5, 5.41) is 20.8. The third-order valence-electron chi connectivity index (χ3n) is 1.87. The molecule has 0 heterocycles. The molecule has 5 heteroatoms. The van der Waals surface area contributed by atoms with Gasteiger partial charge in [0.25, 0.3) is 0 Å². The van der Waals surface area contributed by atoms with Gasteiger partial charge in [-0.25, -0.2) is 4.79 Å². The van der Waals surface area contributed by atoms with E-state index in [1.165, 1.54) is 6.92 Å². The zero-order valence-corrected chi connectivity index (χ0v) is 8.91. The number of rotatable bonds is 7. The van der Waals surface area contributed by atoms with Crippen LogP contribution in [0.5, 0.6) is 0 Å². The quantitative estimate of drug-likeness (QED) is 0.531. The predicted octanol–water partition coefficient (Wildman–Crippen LogP) is -0.306. The Labute approximate surface area is 84.1 Å². The molecule has 0 spiro atoms. The Hall–Kier alpha value is -0.650. The molecule has 5 nitrogen and oxygen atoms in total. The Balaban J connectivity index is 3.68. The van der Waals surface area contributed by atoms with Crippen molar-refractivity contribution in [2.45, 2.75) is 19.4 Å². The van der Waals surface area contributed by atoms with E-state index in [9.17, 15) is 9.90 Å². The van der Waals surface area contributed by atoms with Gasteiger partial charge in [-0.05, 0) is 12.8 Å². The van der Waals surface area contributed by atoms with Crippen LogP contribution in [0.1, 0.15) is 13.8 Å². The summed E-state index contributed by atoms with van der Waals surface area (Å²) in [5.74, 6) is -0.922. The van der Waals surface area contributed by atoms with Crippen molar-refractivity contribution in [3.05, 3.63) is 0 Å². The average molecular weight is 205 g/mol. The van der Waals surface area contributed by atoms with Crippen LogP contribution in [0.2, 0.25) is 0 Å². The summed E-state index contributed by atoms with van der Waals surface area (Å²) in [6.45, 7) is 4.52. The van der Waals surface area contributed by atoms with Crippen molar-refractivity contribution in [3.8, 4) is 0 Å². The van der Waals surface area contributed by atoms with Crippen LogP contribution >= 0.6 is 0 Å². The number of carboxylic acid groups (broad SMARTS) is 1. The maximum Gasteiger partial charge on any atom is 0.336 e. The van der Waals surface area contributed by atoms with E-state index in [2.05, 4.69) is 5.32 Å². The lowest BCUT2D eigenvalue weighted by atomic mass is 10.1. The average Bonchev–Trinajstić information content (AvgIpc) is 2.04. The van der Waals surface area contributed by atoms with Crippen LogP contribution in [0.25, 0.3) is 0 Å². The fourth-order valence-corrected chi connectivity index (χ4v) is 0.981. The molecule has 0 aromatic carbocycles. The molecule has 0 rings (SSSR count). The van der Waals surface area contributed by atoms with Crippen LogP contribution in [0.4, 0.5) is 0 Å². The van der Waals surface area contributed by atoms with Gasteiger partial charge in [-0.1, -0.05) is 6.92 Å². The van der Waals surface area contributed by atoms with Crippen LogP contribution in [-0.4, -0.2) is 48.6 Å². The molecule has 84 valence electrons. The van der Waals surface area contributed by atoms with Gasteiger partial charge in [0.15, 0.2) is 5.60 Å².